The number of allylic oxidation sites excluding steroid dienone is 1. The van der Waals surface area contributed by atoms with Crippen LogP contribution >= 0.6 is 0 Å². The van der Waals surface area contributed by atoms with Gasteiger partial charge in [-0.15, -0.1) is 0 Å². The van der Waals surface area contributed by atoms with Gasteiger partial charge in [0, 0.05) is 0 Å². The highest BCUT2D eigenvalue weighted by molar-refractivity contribution is 6.23. The van der Waals surface area contributed by atoms with E-state index in [2.05, 4.69) is 0 Å². The average molecular weight is 238 g/mol. The van der Waals surface area contributed by atoms with Gasteiger partial charge in [-0.05, 0) is 23.6 Å². The van der Waals surface area contributed by atoms with E-state index in [0.29, 0.717) is 5.57 Å². The first kappa shape index (κ1) is 12.1. The van der Waals surface area contributed by atoms with Crippen molar-refractivity contribution in [2.75, 3.05) is 0 Å². The number of benzene rings is 2. The van der Waals surface area contributed by atoms with Crippen molar-refractivity contribution >= 4 is 17.1 Å². The molecule has 2 aromatic carbocycles. The molecule has 0 atom stereocenters. The Labute approximate surface area is 106 Å². The van der Waals surface area contributed by atoms with Gasteiger partial charge in [0.05, 0.1) is 5.57 Å². The second kappa shape index (κ2) is 5.32. The van der Waals surface area contributed by atoms with Crippen LogP contribution in [0.4, 0.5) is 0 Å². The number of carbonyl (C=O) groups is 1. The zero-order chi connectivity index (χ0) is 13.0. The van der Waals surface area contributed by atoms with Crippen molar-refractivity contribution in [2.24, 2.45) is 0 Å². The summed E-state index contributed by atoms with van der Waals surface area (Å²) in [6.07, 6.45) is 0. The first-order valence-corrected chi connectivity index (χ1v) is 5.75. The van der Waals surface area contributed by atoms with Crippen LogP contribution < -0.4 is 0 Å². The summed E-state index contributed by atoms with van der Waals surface area (Å²) < 4.78 is 0. The number of rotatable bonds is 3. The number of carboxylic acid groups (broad SMARTS) is 1. The van der Waals surface area contributed by atoms with Crippen LogP contribution in [0.15, 0.2) is 60.7 Å². The van der Waals surface area contributed by atoms with E-state index in [9.17, 15) is 9.90 Å². The van der Waals surface area contributed by atoms with Crippen LogP contribution in [0, 0.1) is 0 Å². The van der Waals surface area contributed by atoms with E-state index in [0.717, 1.165) is 16.7 Å². The molecule has 1 N–H and O–H groups in total. The normalized spacial score (nSPS) is 11.8. The Morgan fingerprint density at radius 1 is 0.833 bits per heavy atom. The van der Waals surface area contributed by atoms with Crippen LogP contribution in [0.2, 0.25) is 0 Å². The molecule has 0 amide bonds. The summed E-state index contributed by atoms with van der Waals surface area (Å²) in [5.74, 6) is -0.900. The largest absolute Gasteiger partial charge is 0.478 e. The van der Waals surface area contributed by atoms with Crippen molar-refractivity contribution in [1.29, 1.82) is 0 Å². The minimum atomic E-state index is -0.900. The van der Waals surface area contributed by atoms with Gasteiger partial charge in [0.2, 0.25) is 0 Å². The minimum Gasteiger partial charge on any atom is -0.478 e. The predicted octanol–water partition coefficient (Wildman–Crippen LogP) is 3.70. The predicted molar refractivity (Wildman–Crippen MR) is 73.0 cm³/mol. The van der Waals surface area contributed by atoms with E-state index in [1.807, 2.05) is 67.6 Å². The number of carboxylic acids is 1. The molecule has 0 aromatic heterocycles. The van der Waals surface area contributed by atoms with Crippen molar-refractivity contribution in [3.8, 4) is 0 Å². The van der Waals surface area contributed by atoms with E-state index in [1.54, 1.807) is 0 Å². The molecule has 0 aliphatic rings. The Bertz CT molecular complexity index is 569. The summed E-state index contributed by atoms with van der Waals surface area (Å²) in [7, 11) is 0. The first-order chi connectivity index (χ1) is 8.70. The van der Waals surface area contributed by atoms with Crippen LogP contribution in [-0.4, -0.2) is 11.1 Å². The lowest BCUT2D eigenvalue weighted by Crippen LogP contribution is -2.02. The summed E-state index contributed by atoms with van der Waals surface area (Å²) in [6, 6.07) is 18.8. The average Bonchev–Trinajstić information content (AvgIpc) is 2.40. The Morgan fingerprint density at radius 2 is 1.28 bits per heavy atom. The van der Waals surface area contributed by atoms with E-state index in [1.165, 1.54) is 0 Å². The van der Waals surface area contributed by atoms with Crippen molar-refractivity contribution in [1.82, 2.24) is 0 Å². The fourth-order valence-corrected chi connectivity index (χ4v) is 1.94. The zero-order valence-corrected chi connectivity index (χ0v) is 10.1. The van der Waals surface area contributed by atoms with Gasteiger partial charge in [-0.3, -0.25) is 0 Å². The summed E-state index contributed by atoms with van der Waals surface area (Å²) in [4.78, 5) is 11.5. The molecule has 0 radical (unpaired) electrons. The molecule has 0 bridgehead atoms. The third kappa shape index (κ3) is 2.48. The molecule has 0 heterocycles. The Hall–Kier alpha value is -2.35. The molecule has 2 heteroatoms. The van der Waals surface area contributed by atoms with E-state index in [4.69, 9.17) is 0 Å². The van der Waals surface area contributed by atoms with Crippen molar-refractivity contribution in [3.63, 3.8) is 0 Å². The van der Waals surface area contributed by atoms with Crippen LogP contribution in [0.25, 0.3) is 11.1 Å². The van der Waals surface area contributed by atoms with Crippen molar-refractivity contribution < 1.29 is 9.90 Å². The fourth-order valence-electron chi connectivity index (χ4n) is 1.94. The maximum absolute atomic E-state index is 11.5. The maximum atomic E-state index is 11.5. The van der Waals surface area contributed by atoms with Gasteiger partial charge >= 0.3 is 5.97 Å². The molecule has 0 aliphatic heterocycles. The van der Waals surface area contributed by atoms with Gasteiger partial charge in [0.25, 0.3) is 0 Å². The van der Waals surface area contributed by atoms with Gasteiger partial charge in [0.15, 0.2) is 0 Å². The van der Waals surface area contributed by atoms with Gasteiger partial charge < -0.3 is 5.11 Å². The van der Waals surface area contributed by atoms with Crippen molar-refractivity contribution in [2.45, 2.75) is 6.92 Å². The Morgan fingerprint density at radius 3 is 1.72 bits per heavy atom. The molecule has 2 rings (SSSR count). The standard InChI is InChI=1S/C16H14O2/c1-12(13-8-4-2-5-9-13)15(16(17)18)14-10-6-3-7-11-14/h2-11H,1H3,(H,17,18). The van der Waals surface area contributed by atoms with Crippen LogP contribution in [0.5, 0.6) is 0 Å². The quantitative estimate of drug-likeness (QED) is 0.654. The lowest BCUT2D eigenvalue weighted by atomic mass is 9.96. The van der Waals surface area contributed by atoms with Gasteiger partial charge in [-0.2, -0.15) is 0 Å². The van der Waals surface area contributed by atoms with E-state index >= 15 is 0 Å². The number of hydrogen-bond acceptors (Lipinski definition) is 1. The molecule has 0 aliphatic carbocycles. The summed E-state index contributed by atoms with van der Waals surface area (Å²) >= 11 is 0. The molecule has 0 spiro atoms. The molecular weight excluding hydrogens is 224 g/mol. The lowest BCUT2D eigenvalue weighted by molar-refractivity contribution is -0.130. The monoisotopic (exact) mass is 238 g/mol. The highest BCUT2D eigenvalue weighted by Gasteiger charge is 2.14. The maximum Gasteiger partial charge on any atom is 0.336 e. The minimum absolute atomic E-state index is 0.349. The van der Waals surface area contributed by atoms with Crippen molar-refractivity contribution in [3.05, 3.63) is 71.8 Å². The number of hydrogen-bond donors (Lipinski definition) is 1. The Balaban J connectivity index is 2.58. The molecule has 2 aromatic rings. The summed E-state index contributed by atoms with van der Waals surface area (Å²) in [5, 5.41) is 9.40. The topological polar surface area (TPSA) is 37.3 Å². The molecule has 2 nitrogen and oxygen atoms in total. The molecular formula is C16H14O2. The van der Waals surface area contributed by atoms with Crippen LogP contribution in [0.3, 0.4) is 0 Å². The highest BCUT2D eigenvalue weighted by Crippen LogP contribution is 2.25. The summed E-state index contributed by atoms with van der Waals surface area (Å²) in [6.45, 7) is 1.84. The molecule has 0 unspecified atom stereocenters. The van der Waals surface area contributed by atoms with Crippen LogP contribution in [0.1, 0.15) is 18.1 Å². The smallest absolute Gasteiger partial charge is 0.336 e. The van der Waals surface area contributed by atoms with Gasteiger partial charge in [-0.25, -0.2) is 4.79 Å². The molecule has 0 fully saturated rings. The SMILES string of the molecule is CC(=C(C(=O)O)c1ccccc1)c1ccccc1. The second-order valence-electron chi connectivity index (χ2n) is 4.04. The van der Waals surface area contributed by atoms with Crippen LogP contribution in [-0.2, 0) is 4.79 Å². The lowest BCUT2D eigenvalue weighted by Gasteiger charge is -2.09. The number of aliphatic carboxylic acids is 1. The second-order valence-corrected chi connectivity index (χ2v) is 4.04. The van der Waals surface area contributed by atoms with Gasteiger partial charge in [-0.1, -0.05) is 60.7 Å². The third-order valence-electron chi connectivity index (χ3n) is 2.86. The first-order valence-electron chi connectivity index (χ1n) is 5.75. The molecule has 90 valence electrons. The molecule has 0 saturated heterocycles. The van der Waals surface area contributed by atoms with E-state index < -0.39 is 5.97 Å². The highest BCUT2D eigenvalue weighted by atomic mass is 16.4. The zero-order valence-electron chi connectivity index (χ0n) is 10.1. The fraction of sp³-hybridized carbons (Fsp3) is 0.0625. The summed E-state index contributed by atoms with van der Waals surface area (Å²) in [5.41, 5.74) is 2.78. The molecule has 0 saturated carbocycles. The molecule has 18 heavy (non-hydrogen) atoms. The third-order valence-corrected chi connectivity index (χ3v) is 2.86. The van der Waals surface area contributed by atoms with Gasteiger partial charge in [0.1, 0.15) is 0 Å². The van der Waals surface area contributed by atoms with E-state index in [-0.39, 0.29) is 0 Å². The Kier molecular flexibility index (Phi) is 3.58.